The van der Waals surface area contributed by atoms with Gasteiger partial charge in [0.15, 0.2) is 5.78 Å². The molecule has 4 rings (SSSR count). The second-order valence-electron chi connectivity index (χ2n) is 8.49. The van der Waals surface area contributed by atoms with E-state index in [1.165, 1.54) is 19.3 Å². The van der Waals surface area contributed by atoms with Crippen LogP contribution < -0.4 is 0 Å². The Morgan fingerprint density at radius 2 is 1.59 bits per heavy atom. The summed E-state index contributed by atoms with van der Waals surface area (Å²) < 4.78 is 7.49. The Hall–Kier alpha value is -3.18. The average Bonchev–Trinajstić information content (AvgIpc) is 3.13. The highest BCUT2D eigenvalue weighted by Gasteiger charge is 2.20. The molecule has 1 saturated heterocycles. The van der Waals surface area contributed by atoms with Crippen LogP contribution in [0.4, 0.5) is 0 Å². The third-order valence-electron chi connectivity index (χ3n) is 6.12. The molecule has 0 bridgehead atoms. The lowest BCUT2D eigenvalue weighted by atomic mass is 10.1. The summed E-state index contributed by atoms with van der Waals surface area (Å²) in [6.45, 7) is 6.74. The lowest BCUT2D eigenvalue weighted by Gasteiger charge is -2.25. The Morgan fingerprint density at radius 1 is 0.906 bits per heavy atom. The topological polar surface area (TPSA) is 51.5 Å². The van der Waals surface area contributed by atoms with Crippen molar-refractivity contribution in [2.45, 2.75) is 39.7 Å². The Morgan fingerprint density at radius 3 is 2.28 bits per heavy atom. The maximum Gasteiger partial charge on any atom is 0.338 e. The predicted molar refractivity (Wildman–Crippen MR) is 125 cm³/mol. The van der Waals surface area contributed by atoms with Gasteiger partial charge in [0.25, 0.3) is 0 Å². The van der Waals surface area contributed by atoms with Crippen molar-refractivity contribution in [2.75, 3.05) is 19.6 Å². The second kappa shape index (κ2) is 9.96. The number of likely N-dealkylation sites (tertiary alicyclic amines) is 1. The molecule has 1 fully saturated rings. The second-order valence-corrected chi connectivity index (χ2v) is 8.49. The maximum atomic E-state index is 12.9. The molecule has 5 nitrogen and oxygen atoms in total. The predicted octanol–water partition coefficient (Wildman–Crippen LogP) is 5.12. The standard InChI is InChI=1S/C27H30N2O3/c1-20-17-25(26(30)18-28-15-7-4-8-16-28)21(2)29(20)24-13-11-23(12-14-24)27(31)32-19-22-9-5-3-6-10-22/h3,5-6,9-14,17H,4,7-8,15-16,18-19H2,1-2H3. The van der Waals surface area contributed by atoms with Gasteiger partial charge in [-0.1, -0.05) is 36.8 Å². The van der Waals surface area contributed by atoms with Gasteiger partial charge in [0.05, 0.1) is 12.1 Å². The van der Waals surface area contributed by atoms with Gasteiger partial charge in [-0.2, -0.15) is 0 Å². The molecule has 2 aromatic carbocycles. The third-order valence-corrected chi connectivity index (χ3v) is 6.12. The number of aryl methyl sites for hydroxylation is 1. The summed E-state index contributed by atoms with van der Waals surface area (Å²) in [5, 5.41) is 0. The Balaban J connectivity index is 1.45. The highest BCUT2D eigenvalue weighted by molar-refractivity contribution is 5.99. The molecule has 2 heterocycles. The van der Waals surface area contributed by atoms with E-state index in [-0.39, 0.29) is 18.4 Å². The van der Waals surface area contributed by atoms with E-state index in [0.717, 1.165) is 41.3 Å². The largest absolute Gasteiger partial charge is 0.457 e. The van der Waals surface area contributed by atoms with Crippen molar-refractivity contribution in [3.63, 3.8) is 0 Å². The minimum atomic E-state index is -0.348. The zero-order valence-corrected chi connectivity index (χ0v) is 18.8. The number of Topliss-reactive ketones (excluding diaryl/α,β-unsaturated/α-hetero) is 1. The van der Waals surface area contributed by atoms with Gasteiger partial charge < -0.3 is 9.30 Å². The number of hydrogen-bond donors (Lipinski definition) is 0. The SMILES string of the molecule is Cc1cc(C(=O)CN2CCCCC2)c(C)n1-c1ccc(C(=O)OCc2ccccc2)cc1. The summed E-state index contributed by atoms with van der Waals surface area (Å²) in [6, 6.07) is 19.0. The molecule has 166 valence electrons. The number of carbonyl (C=O) groups is 2. The number of aromatic nitrogens is 1. The Kier molecular flexibility index (Phi) is 6.86. The van der Waals surface area contributed by atoms with Gasteiger partial charge in [-0.15, -0.1) is 0 Å². The van der Waals surface area contributed by atoms with Crippen molar-refractivity contribution in [1.82, 2.24) is 9.47 Å². The van der Waals surface area contributed by atoms with Crippen molar-refractivity contribution >= 4 is 11.8 Å². The molecule has 5 heteroatoms. The molecule has 1 aromatic heterocycles. The normalized spacial score (nSPS) is 14.3. The molecule has 0 amide bonds. The molecule has 1 aliphatic heterocycles. The van der Waals surface area contributed by atoms with Gasteiger partial charge in [0.1, 0.15) is 6.61 Å². The van der Waals surface area contributed by atoms with Crippen LogP contribution in [0.1, 0.15) is 56.9 Å². The lowest BCUT2D eigenvalue weighted by molar-refractivity contribution is 0.0472. The van der Waals surface area contributed by atoms with Crippen molar-refractivity contribution in [1.29, 1.82) is 0 Å². The minimum absolute atomic E-state index is 0.173. The van der Waals surface area contributed by atoms with Gasteiger partial charge in [-0.05, 0) is 75.7 Å². The van der Waals surface area contributed by atoms with Gasteiger partial charge in [-0.3, -0.25) is 9.69 Å². The summed E-state index contributed by atoms with van der Waals surface area (Å²) in [5.41, 5.74) is 5.11. The molecule has 0 aliphatic carbocycles. The number of nitrogens with zero attached hydrogens (tertiary/aromatic N) is 2. The first-order chi connectivity index (χ1) is 15.5. The van der Waals surface area contributed by atoms with Gasteiger partial charge >= 0.3 is 5.97 Å². The van der Waals surface area contributed by atoms with Gasteiger partial charge in [0, 0.05) is 22.6 Å². The Labute approximate surface area is 189 Å². The number of esters is 1. The first kappa shape index (κ1) is 22.0. The van der Waals surface area contributed by atoms with E-state index < -0.39 is 0 Å². The van der Waals surface area contributed by atoms with Crippen LogP contribution in [-0.4, -0.2) is 40.9 Å². The van der Waals surface area contributed by atoms with Crippen molar-refractivity contribution < 1.29 is 14.3 Å². The van der Waals surface area contributed by atoms with E-state index in [0.29, 0.717) is 12.1 Å². The average molecular weight is 431 g/mol. The first-order valence-electron chi connectivity index (χ1n) is 11.3. The highest BCUT2D eigenvalue weighted by Crippen LogP contribution is 2.23. The first-order valence-corrected chi connectivity index (χ1v) is 11.3. The summed E-state index contributed by atoms with van der Waals surface area (Å²) in [7, 11) is 0. The number of carbonyl (C=O) groups excluding carboxylic acids is 2. The molecule has 0 saturated carbocycles. The fraction of sp³-hybridized carbons (Fsp3) is 0.333. The van der Waals surface area contributed by atoms with Crippen molar-refractivity contribution in [2.24, 2.45) is 0 Å². The van der Waals surface area contributed by atoms with Crippen molar-refractivity contribution in [3.05, 3.63) is 88.7 Å². The van der Waals surface area contributed by atoms with E-state index in [4.69, 9.17) is 4.74 Å². The summed E-state index contributed by atoms with van der Waals surface area (Å²) in [5.74, 6) is -0.175. The van der Waals surface area contributed by atoms with E-state index in [1.54, 1.807) is 12.1 Å². The summed E-state index contributed by atoms with van der Waals surface area (Å²) in [6.07, 6.45) is 3.61. The van der Waals surface area contributed by atoms with Crippen LogP contribution in [0.2, 0.25) is 0 Å². The molecule has 0 radical (unpaired) electrons. The zero-order valence-electron chi connectivity index (χ0n) is 18.8. The number of rotatable bonds is 7. The molecule has 0 N–H and O–H groups in total. The Bertz CT molecular complexity index is 1080. The molecular formula is C27H30N2O3. The van der Waals surface area contributed by atoms with Crippen LogP contribution in [-0.2, 0) is 11.3 Å². The third kappa shape index (κ3) is 5.00. The zero-order chi connectivity index (χ0) is 22.5. The molecule has 0 spiro atoms. The fourth-order valence-corrected chi connectivity index (χ4v) is 4.40. The molecule has 32 heavy (non-hydrogen) atoms. The highest BCUT2D eigenvalue weighted by atomic mass is 16.5. The van der Waals surface area contributed by atoms with Crippen LogP contribution in [0.5, 0.6) is 0 Å². The maximum absolute atomic E-state index is 12.9. The van der Waals surface area contributed by atoms with E-state index in [9.17, 15) is 9.59 Å². The monoisotopic (exact) mass is 430 g/mol. The van der Waals surface area contributed by atoms with E-state index in [1.807, 2.05) is 62.4 Å². The quantitative estimate of drug-likeness (QED) is 0.386. The van der Waals surface area contributed by atoms with Crippen molar-refractivity contribution in [3.8, 4) is 5.69 Å². The van der Waals surface area contributed by atoms with E-state index in [2.05, 4.69) is 9.47 Å². The van der Waals surface area contributed by atoms with E-state index >= 15 is 0 Å². The summed E-state index contributed by atoms with van der Waals surface area (Å²) >= 11 is 0. The fourth-order valence-electron chi connectivity index (χ4n) is 4.40. The van der Waals surface area contributed by atoms with Crippen LogP contribution in [0, 0.1) is 13.8 Å². The number of benzene rings is 2. The molecule has 0 atom stereocenters. The molecule has 0 unspecified atom stereocenters. The van der Waals surface area contributed by atoms with Gasteiger partial charge in [-0.25, -0.2) is 4.79 Å². The number of piperidine rings is 1. The molecule has 3 aromatic rings. The number of ketones is 1. The summed E-state index contributed by atoms with van der Waals surface area (Å²) in [4.78, 5) is 27.6. The van der Waals surface area contributed by atoms with Crippen LogP contribution >= 0.6 is 0 Å². The number of hydrogen-bond acceptors (Lipinski definition) is 4. The van der Waals surface area contributed by atoms with Crippen LogP contribution in [0.25, 0.3) is 5.69 Å². The lowest BCUT2D eigenvalue weighted by Crippen LogP contribution is -2.34. The minimum Gasteiger partial charge on any atom is -0.457 e. The molecular weight excluding hydrogens is 400 g/mol. The van der Waals surface area contributed by atoms with Gasteiger partial charge in [0.2, 0.25) is 0 Å². The van der Waals surface area contributed by atoms with Crippen LogP contribution in [0.3, 0.4) is 0 Å². The smallest absolute Gasteiger partial charge is 0.338 e. The van der Waals surface area contributed by atoms with Crippen LogP contribution in [0.15, 0.2) is 60.7 Å². The number of ether oxygens (including phenoxy) is 1. The molecule has 1 aliphatic rings.